The highest BCUT2D eigenvalue weighted by atomic mass is 14.3. The average molecular weight is 320 g/mol. The van der Waals surface area contributed by atoms with Crippen molar-refractivity contribution in [3.63, 3.8) is 0 Å². The third-order valence-electron chi connectivity index (χ3n) is 5.92. The van der Waals surface area contributed by atoms with Gasteiger partial charge in [0.1, 0.15) is 7.85 Å². The van der Waals surface area contributed by atoms with Gasteiger partial charge in [-0.15, -0.1) is 0 Å². The lowest BCUT2D eigenvalue weighted by Gasteiger charge is -2.31. The van der Waals surface area contributed by atoms with Crippen LogP contribution in [0.15, 0.2) is 72.3 Å². The molecule has 0 spiro atoms. The molecule has 0 nitrogen and oxygen atoms in total. The van der Waals surface area contributed by atoms with Gasteiger partial charge in [0, 0.05) is 5.92 Å². The number of hydrogen-bond acceptors (Lipinski definition) is 0. The van der Waals surface area contributed by atoms with Crippen molar-refractivity contribution in [2.24, 2.45) is 5.92 Å². The summed E-state index contributed by atoms with van der Waals surface area (Å²) in [5, 5.41) is 2.83. The van der Waals surface area contributed by atoms with Gasteiger partial charge in [-0.2, -0.15) is 0 Å². The van der Waals surface area contributed by atoms with E-state index in [1.807, 2.05) is 0 Å². The Labute approximate surface area is 150 Å². The quantitative estimate of drug-likeness (QED) is 0.709. The fraction of sp³-hybridized carbons (Fsp3) is 0.167. The fourth-order valence-electron chi connectivity index (χ4n) is 4.74. The number of rotatable bonds is 1. The van der Waals surface area contributed by atoms with Crippen molar-refractivity contribution < 1.29 is 0 Å². The average Bonchev–Trinajstić information content (AvgIpc) is 2.68. The number of allylic oxidation sites excluding steroid dienone is 5. The van der Waals surface area contributed by atoms with Gasteiger partial charge in [-0.1, -0.05) is 78.3 Å². The van der Waals surface area contributed by atoms with E-state index >= 15 is 0 Å². The third kappa shape index (κ3) is 2.22. The lowest BCUT2D eigenvalue weighted by atomic mass is 9.68. The van der Waals surface area contributed by atoms with Crippen molar-refractivity contribution in [2.45, 2.75) is 19.3 Å². The molecule has 0 radical (unpaired) electrons. The zero-order chi connectivity index (χ0) is 16.8. The molecular formula is C24H21B. The van der Waals surface area contributed by atoms with Crippen molar-refractivity contribution in [3.05, 3.63) is 99.5 Å². The molecule has 0 saturated heterocycles. The topological polar surface area (TPSA) is 0 Å². The molecule has 0 bridgehead atoms. The molecule has 0 aliphatic heterocycles. The summed E-state index contributed by atoms with van der Waals surface area (Å²) in [7, 11) is 2.29. The molecule has 1 atom stereocenters. The van der Waals surface area contributed by atoms with E-state index in [1.54, 1.807) is 0 Å². The van der Waals surface area contributed by atoms with Gasteiger partial charge >= 0.3 is 0 Å². The van der Waals surface area contributed by atoms with Gasteiger partial charge in [-0.05, 0) is 57.5 Å². The predicted molar refractivity (Wildman–Crippen MR) is 109 cm³/mol. The van der Waals surface area contributed by atoms with Crippen LogP contribution in [0.3, 0.4) is 0 Å². The van der Waals surface area contributed by atoms with Crippen LogP contribution >= 0.6 is 0 Å². The molecule has 3 aliphatic carbocycles. The van der Waals surface area contributed by atoms with Crippen LogP contribution in [0.25, 0.3) is 17.1 Å². The number of benzene rings is 2. The molecule has 3 aliphatic rings. The van der Waals surface area contributed by atoms with Crippen LogP contribution in [0.1, 0.15) is 29.5 Å². The largest absolute Gasteiger partial charge is 0.140 e. The Morgan fingerprint density at radius 3 is 2.72 bits per heavy atom. The van der Waals surface area contributed by atoms with Gasteiger partial charge in [0.05, 0.1) is 0 Å². The Kier molecular flexibility index (Phi) is 3.41. The van der Waals surface area contributed by atoms with Crippen LogP contribution in [-0.4, -0.2) is 7.85 Å². The lowest BCUT2D eigenvalue weighted by molar-refractivity contribution is 0.798. The summed E-state index contributed by atoms with van der Waals surface area (Å²) in [5.74, 6) is 0.484. The van der Waals surface area contributed by atoms with Crippen LogP contribution in [0.5, 0.6) is 0 Å². The van der Waals surface area contributed by atoms with Gasteiger partial charge in [-0.3, -0.25) is 0 Å². The Morgan fingerprint density at radius 2 is 1.80 bits per heavy atom. The number of fused-ring (bicyclic) bond motifs is 3. The van der Waals surface area contributed by atoms with E-state index in [-0.39, 0.29) is 0 Å². The van der Waals surface area contributed by atoms with Crippen LogP contribution in [0.2, 0.25) is 0 Å². The predicted octanol–water partition coefficient (Wildman–Crippen LogP) is 3.10. The zero-order valence-electron chi connectivity index (χ0n) is 14.6. The molecule has 25 heavy (non-hydrogen) atoms. The summed E-state index contributed by atoms with van der Waals surface area (Å²) in [4.78, 5) is 0. The summed E-state index contributed by atoms with van der Waals surface area (Å²) in [6, 6.07) is 15.8. The second kappa shape index (κ2) is 5.77. The molecule has 0 amide bonds. The van der Waals surface area contributed by atoms with Gasteiger partial charge in [-0.25, -0.2) is 0 Å². The van der Waals surface area contributed by atoms with Crippen LogP contribution in [0, 0.1) is 5.92 Å². The van der Waals surface area contributed by atoms with E-state index in [2.05, 4.69) is 80.7 Å². The summed E-state index contributed by atoms with van der Waals surface area (Å²) >= 11 is 0. The van der Waals surface area contributed by atoms with E-state index in [1.165, 1.54) is 43.7 Å². The summed E-state index contributed by atoms with van der Waals surface area (Å²) < 4.78 is 0. The lowest BCUT2D eigenvalue weighted by Crippen LogP contribution is -2.37. The molecule has 1 heteroatoms. The molecular weight excluding hydrogens is 299 g/mol. The Hall–Kier alpha value is -2.54. The summed E-state index contributed by atoms with van der Waals surface area (Å²) in [6.07, 6.45) is 14.9. The minimum atomic E-state index is 0.484. The Morgan fingerprint density at radius 1 is 0.920 bits per heavy atom. The maximum absolute atomic E-state index is 2.35. The maximum Gasteiger partial charge on any atom is 0.140 e. The molecule has 0 N–H and O–H groups in total. The van der Waals surface area contributed by atoms with Gasteiger partial charge < -0.3 is 0 Å². The minimum Gasteiger partial charge on any atom is -0.0836 e. The zero-order valence-corrected chi connectivity index (χ0v) is 14.6. The normalized spacial score (nSPS) is 20.6. The molecule has 5 rings (SSSR count). The first-order chi connectivity index (χ1) is 12.3. The van der Waals surface area contributed by atoms with E-state index in [0.717, 1.165) is 19.3 Å². The fourth-order valence-corrected chi connectivity index (χ4v) is 4.74. The minimum absolute atomic E-state index is 0.484. The first kappa shape index (κ1) is 14.8. The molecule has 0 saturated carbocycles. The first-order valence-corrected chi connectivity index (χ1v) is 9.30. The second-order valence-corrected chi connectivity index (χ2v) is 7.24. The smallest absolute Gasteiger partial charge is 0.0836 e. The van der Waals surface area contributed by atoms with Crippen LogP contribution < -0.4 is 10.4 Å². The molecule has 120 valence electrons. The standard InChI is InChI=1S/C24H21B/c25-24-21-13-5-3-11-19(21)23(20-12-4-6-14-22(20)24)18-15-7-9-16-8-1-2-10-17(16)18/h1,3-9,11,13-15,20H,2,10,12,25H2/t20-/m1/s1. The Balaban J connectivity index is 1.91. The van der Waals surface area contributed by atoms with E-state index < -0.39 is 0 Å². The van der Waals surface area contributed by atoms with Crippen LogP contribution in [0.4, 0.5) is 0 Å². The van der Waals surface area contributed by atoms with E-state index in [4.69, 9.17) is 0 Å². The van der Waals surface area contributed by atoms with Crippen molar-refractivity contribution in [3.8, 4) is 0 Å². The van der Waals surface area contributed by atoms with Crippen molar-refractivity contribution in [1.29, 1.82) is 0 Å². The Bertz CT molecular complexity index is 1080. The van der Waals surface area contributed by atoms with Crippen molar-refractivity contribution in [1.82, 2.24) is 0 Å². The molecule has 2 aromatic carbocycles. The highest BCUT2D eigenvalue weighted by Crippen LogP contribution is 2.39. The maximum atomic E-state index is 2.35. The highest BCUT2D eigenvalue weighted by molar-refractivity contribution is 6.42. The molecule has 0 aromatic heterocycles. The van der Waals surface area contributed by atoms with Gasteiger partial charge in [0.25, 0.3) is 0 Å². The number of hydrogen-bond donors (Lipinski definition) is 0. The first-order valence-electron chi connectivity index (χ1n) is 9.30. The monoisotopic (exact) mass is 320 g/mol. The summed E-state index contributed by atoms with van der Waals surface area (Å²) in [5.41, 5.74) is 8.87. The molecule has 2 aromatic rings. The van der Waals surface area contributed by atoms with E-state index in [9.17, 15) is 0 Å². The summed E-state index contributed by atoms with van der Waals surface area (Å²) in [6.45, 7) is 0. The van der Waals surface area contributed by atoms with Gasteiger partial charge in [0.2, 0.25) is 0 Å². The SMILES string of the molecule is BC1=c2ccccc2=C(c2cccc3c2CCC=C3)[C@@H]2CC=CC=C12. The van der Waals surface area contributed by atoms with Gasteiger partial charge in [0.15, 0.2) is 0 Å². The van der Waals surface area contributed by atoms with E-state index in [0.29, 0.717) is 5.92 Å². The van der Waals surface area contributed by atoms with Crippen molar-refractivity contribution in [2.75, 3.05) is 0 Å². The third-order valence-corrected chi connectivity index (χ3v) is 5.92. The second-order valence-electron chi connectivity index (χ2n) is 7.24. The highest BCUT2D eigenvalue weighted by Gasteiger charge is 2.28. The van der Waals surface area contributed by atoms with Crippen molar-refractivity contribution >= 4 is 25.0 Å². The van der Waals surface area contributed by atoms with Crippen LogP contribution in [-0.2, 0) is 6.42 Å². The molecule has 0 heterocycles. The molecule has 0 unspecified atom stereocenters. The molecule has 0 fully saturated rings.